The van der Waals surface area contributed by atoms with Gasteiger partial charge in [-0.1, -0.05) is 59.0 Å². The van der Waals surface area contributed by atoms with E-state index in [1.807, 2.05) is 26.8 Å². The molecule has 600 valence electrons. The van der Waals surface area contributed by atoms with E-state index in [0.717, 1.165) is 58.7 Å². The van der Waals surface area contributed by atoms with Gasteiger partial charge in [-0.2, -0.15) is 16.8 Å². The monoisotopic (exact) mass is 2020 g/mol. The number of aliphatic hydroxyl groups is 3. The number of nitrogens with one attached hydrogen (secondary N) is 3. The molecular weight excluding hydrogens is 1950 g/mol. The molecule has 2 saturated carbocycles. The van der Waals surface area contributed by atoms with Gasteiger partial charge >= 0.3 is 26.7 Å². The number of benzene rings is 2. The molecule has 10 N–H and O–H groups in total. The van der Waals surface area contributed by atoms with Crippen molar-refractivity contribution in [2.45, 2.75) is 138 Å². The van der Waals surface area contributed by atoms with E-state index in [0.29, 0.717) is 72.7 Å². The summed E-state index contributed by atoms with van der Waals surface area (Å²) in [6, 6.07) is 16.7. The third-order valence-electron chi connectivity index (χ3n) is 17.5. The number of hydrogen-bond donors (Lipinski definition) is 8. The van der Waals surface area contributed by atoms with E-state index in [2.05, 4.69) is 99.0 Å². The summed E-state index contributed by atoms with van der Waals surface area (Å²) in [5, 5.41) is 66.1. The Morgan fingerprint density at radius 3 is 1.26 bits per heavy atom. The molecule has 8 atom stereocenters. The van der Waals surface area contributed by atoms with E-state index >= 15 is 0 Å². The molecule has 4 aromatic heterocycles. The third-order valence-corrected chi connectivity index (χ3v) is 65.1. The Hall–Kier alpha value is -0.210. The second-order valence-corrected chi connectivity index (χ2v) is 67.8. The minimum atomic E-state index is -4.10. The quantitative estimate of drug-likeness (QED) is 0.0872. The number of fused-ring (bicyclic) bond motifs is 6. The van der Waals surface area contributed by atoms with Crippen molar-refractivity contribution in [1.82, 2.24) is 60.1 Å². The van der Waals surface area contributed by atoms with Gasteiger partial charge in [-0.15, -0.1) is 10.2 Å². The highest BCUT2D eigenvalue weighted by molar-refractivity contribution is 8.77. The first-order valence-electron chi connectivity index (χ1n) is 31.5. The number of carbonyl (C=O) groups excluding carboxylic acids is 1. The summed E-state index contributed by atoms with van der Waals surface area (Å²) in [5.41, 5.74) is 6.94. The topological polar surface area (TPSA) is 378 Å². The van der Waals surface area contributed by atoms with Crippen LogP contribution >= 0.6 is 0 Å². The molecule has 0 radical (unpaired) electrons. The SMILES string of the molecule is CC(C)(C)OC(=O)N1CCC2(CC1)C[C@H](Nc1ncnc3c1nnn3C1CC(O)C(COS(N)(=O)=O)C1)c1ccccc12.CO.NS(=O)(=O)OCC1CC(n2nnc3c(N[C@H]4CC5(CCNCC5)c5ccccc54)ncnc32)CC1O.S=S=S=S=S=S=S=S=S=S=S=S=S.S=S=S=S=S=S=S=S=S=S=S=S=S=S. The lowest BCUT2D eigenvalue weighted by atomic mass is 9.73. The van der Waals surface area contributed by atoms with Gasteiger partial charge in [0.15, 0.2) is 34.0 Å². The largest absolute Gasteiger partial charge is 0.444 e. The van der Waals surface area contributed by atoms with Gasteiger partial charge in [0.05, 0.1) is 49.6 Å². The molecule has 2 aliphatic heterocycles. The highest BCUT2D eigenvalue weighted by Crippen LogP contribution is 2.53. The second kappa shape index (κ2) is 47.4. The van der Waals surface area contributed by atoms with Crippen LogP contribution in [-0.4, -0.2) is 157 Å². The van der Waals surface area contributed by atoms with Crippen LogP contribution in [0.3, 0.4) is 0 Å². The fraction of sp³-hybridized carbons (Fsp3) is 0.596. The molecule has 4 aliphatic carbocycles. The highest BCUT2D eigenvalue weighted by Gasteiger charge is 2.48. The molecule has 108 heavy (non-hydrogen) atoms. The van der Waals surface area contributed by atoms with E-state index in [-0.39, 0.29) is 60.2 Å². The summed E-state index contributed by atoms with van der Waals surface area (Å²) >= 11 is 18.8. The first-order valence-corrected chi connectivity index (χ1v) is 67.8. The van der Waals surface area contributed by atoms with Crippen molar-refractivity contribution in [1.29, 1.82) is 0 Å². The summed E-state index contributed by atoms with van der Waals surface area (Å²) in [4.78, 5) is 32.4. The van der Waals surface area contributed by atoms with Crippen LogP contribution in [0.5, 0.6) is 0 Å². The lowest BCUT2D eigenvalue weighted by Crippen LogP contribution is -2.46. The van der Waals surface area contributed by atoms with Crippen molar-refractivity contribution >= 4 is 310 Å². The Morgan fingerprint density at radius 1 is 0.556 bits per heavy atom. The number of nitrogens with zero attached hydrogens (tertiary/aromatic N) is 11. The van der Waals surface area contributed by atoms with Crippen LogP contribution in [0, 0.1) is 11.8 Å². The molecule has 6 aromatic rings. The summed E-state index contributed by atoms with van der Waals surface area (Å²) in [7, 11) is 30.8. The first-order chi connectivity index (χ1) is 52.0. The van der Waals surface area contributed by atoms with E-state index < -0.39 is 44.3 Å². The molecule has 1 amide bonds. The van der Waals surface area contributed by atoms with Crippen LogP contribution in [0.2, 0.25) is 0 Å². The van der Waals surface area contributed by atoms with Gasteiger partial charge in [0, 0.05) is 292 Å². The Kier molecular flexibility index (Phi) is 40.9. The molecule has 12 rings (SSSR count). The maximum atomic E-state index is 12.7. The predicted octanol–water partition coefficient (Wildman–Crippen LogP) is 3.05. The Morgan fingerprint density at radius 2 is 0.907 bits per heavy atom. The summed E-state index contributed by atoms with van der Waals surface area (Å²) in [5.74, 6) is 0.384. The van der Waals surface area contributed by atoms with Crippen LogP contribution in [0.1, 0.15) is 131 Å². The molecule has 6 aliphatic rings. The smallest absolute Gasteiger partial charge is 0.410 e. The lowest BCUT2D eigenvalue weighted by Gasteiger charge is -2.40. The summed E-state index contributed by atoms with van der Waals surface area (Å²) in [6.07, 6.45) is 8.52. The van der Waals surface area contributed by atoms with Crippen molar-refractivity contribution in [2.75, 3.05) is 57.1 Å². The minimum absolute atomic E-state index is 0.0272. The van der Waals surface area contributed by atoms with Crippen LogP contribution in [-0.2, 0) is 294 Å². The molecule has 2 spiro atoms. The lowest BCUT2D eigenvalue weighted by molar-refractivity contribution is 0.0162. The second-order valence-electron chi connectivity index (χ2n) is 24.6. The van der Waals surface area contributed by atoms with Gasteiger partial charge in [0.1, 0.15) is 18.3 Å². The molecule has 6 unspecified atom stereocenters. The zero-order valence-corrected chi connectivity index (χ0v) is 80.4. The number of hydrogen-bond acceptors (Lipinski definition) is 26. The molecular formula is C52H72N16O11S29. The van der Waals surface area contributed by atoms with Crippen LogP contribution in [0.25, 0.3) is 22.3 Å². The average Bonchev–Trinajstić information content (AvgIpc) is 1.59. The predicted molar refractivity (Wildman–Crippen MR) is 494 cm³/mol. The molecule has 2 aromatic carbocycles. The summed E-state index contributed by atoms with van der Waals surface area (Å²) < 4.78 is 63.2. The van der Waals surface area contributed by atoms with Gasteiger partial charge in [0.25, 0.3) is 0 Å². The van der Waals surface area contributed by atoms with Gasteiger partial charge in [-0.05, 0) is 120 Å². The van der Waals surface area contributed by atoms with E-state index in [9.17, 15) is 31.8 Å². The Labute approximate surface area is 710 Å². The third kappa shape index (κ3) is 28.5. The number of aromatic nitrogens is 10. The van der Waals surface area contributed by atoms with E-state index in [4.69, 9.17) is 73.2 Å². The Bertz CT molecular complexity index is 5460. The number of aliphatic hydroxyl groups excluding tert-OH is 3. The van der Waals surface area contributed by atoms with E-state index in [1.54, 1.807) is 183 Å². The molecule has 4 fully saturated rings. The average molecular weight is 2030 g/mol. The number of carbonyl (C=O) groups is 1. The zero-order chi connectivity index (χ0) is 77.7. The molecule has 0 bridgehead atoms. The summed E-state index contributed by atoms with van der Waals surface area (Å²) in [6.45, 7) is 8.53. The number of likely N-dealkylation sites (tertiary alicyclic amines) is 1. The zero-order valence-electron chi connectivity index (χ0n) is 56.7. The molecule has 56 heteroatoms. The number of anilines is 2. The van der Waals surface area contributed by atoms with Gasteiger partial charge < -0.3 is 40.9 Å². The molecule has 27 nitrogen and oxygen atoms in total. The number of piperidine rings is 2. The fourth-order valence-electron chi connectivity index (χ4n) is 13.4. The van der Waals surface area contributed by atoms with Crippen LogP contribution in [0.15, 0.2) is 61.2 Å². The van der Waals surface area contributed by atoms with Crippen LogP contribution in [0.4, 0.5) is 16.4 Å². The highest BCUT2D eigenvalue weighted by atomic mass is 33.5. The minimum Gasteiger partial charge on any atom is -0.444 e. The molecule has 2 saturated heterocycles. The Balaban J connectivity index is 0.000000202. The van der Waals surface area contributed by atoms with Crippen molar-refractivity contribution in [3.63, 3.8) is 0 Å². The van der Waals surface area contributed by atoms with Crippen molar-refractivity contribution in [3.05, 3.63) is 83.4 Å². The number of rotatable bonds is 12. The van der Waals surface area contributed by atoms with Crippen molar-refractivity contribution < 1.29 is 50.1 Å². The van der Waals surface area contributed by atoms with Crippen molar-refractivity contribution in [3.8, 4) is 0 Å². The first kappa shape index (κ1) is 93.3. The fourth-order valence-corrected chi connectivity index (χ4v) is 66.3. The van der Waals surface area contributed by atoms with Gasteiger partial charge in [-0.3, -0.25) is 8.37 Å². The maximum Gasteiger partial charge on any atom is 0.410 e. The normalized spacial score (nSPS) is 21.1. The molecule has 6 heterocycles. The number of amides is 1. The van der Waals surface area contributed by atoms with Crippen molar-refractivity contribution in [2.24, 2.45) is 22.1 Å². The number of ether oxygens (including phenoxy) is 1. The van der Waals surface area contributed by atoms with Gasteiger partial charge in [0.2, 0.25) is 0 Å². The maximum absolute atomic E-state index is 12.7. The number of nitrogens with two attached hydrogens (primary N) is 2. The van der Waals surface area contributed by atoms with E-state index in [1.165, 1.54) is 70.4 Å². The standard InChI is InChI=1S/C28H38N8O6S.C23H30N8O4S.CH4O.S14.S13/c1-27(2,3)42-26(38)35-10-8-28(9-11-35)14-21(19-6-4-5-7-20(19)28)32-24-23-25(31-16-30-24)36(34-33-23)18-12-17(22(37)13-18)15-41-43(29,39)40;24-36(33,34)35-12-14-9-15(10-19(14)32)31-22-20(29-30-31)21(26-13-27-22)28-18-11-23(5-7-25-8-6-23)17-4-2-1-3-16(17)18;1-2;1-3-5-7-9-11-13-14-12-10-8-6-4-2;1-3-5-7-9-11-13-12-10-8-6-4-2/h4-7,16-18,21-22,37H,8-15H2,1-3H3,(H2,29,39,40)(H,30,31,32);1-4,13-15,18-19,25,32H,5-12H2,(H2,24,33,34)(H,26,27,28);2H,1H3;;/t17?,18?,21-,22?;14?,15?,18-,19?;;;/m00.../s1. The van der Waals surface area contributed by atoms with Gasteiger partial charge in [-0.25, -0.2) is 44.4 Å². The van der Waals surface area contributed by atoms with Crippen LogP contribution < -0.4 is 26.2 Å².